The Labute approximate surface area is 198 Å². The Morgan fingerprint density at radius 1 is 0.970 bits per heavy atom. The number of carbonyl (C=O) groups excluding carboxylic acids is 1. The van der Waals surface area contributed by atoms with E-state index in [9.17, 15) is 4.79 Å². The van der Waals surface area contributed by atoms with Crippen molar-refractivity contribution in [3.05, 3.63) is 48.5 Å². The molecule has 3 heterocycles. The largest absolute Gasteiger partial charge is 0.486 e. The number of ether oxygens (including phenoxy) is 2. The van der Waals surface area contributed by atoms with Gasteiger partial charge in [0, 0.05) is 49.2 Å². The van der Waals surface area contributed by atoms with E-state index in [0.717, 1.165) is 67.5 Å². The maximum Gasteiger partial charge on any atom is 0.319 e. The van der Waals surface area contributed by atoms with E-state index in [2.05, 4.69) is 40.1 Å². The Hall–Kier alpha value is -2.97. The average molecular weight is 467 g/mol. The highest BCUT2D eigenvalue weighted by molar-refractivity contribution is 7.23. The monoisotopic (exact) mass is 466 g/mol. The van der Waals surface area contributed by atoms with Gasteiger partial charge >= 0.3 is 6.03 Å². The van der Waals surface area contributed by atoms with Crippen LogP contribution in [0.2, 0.25) is 0 Å². The van der Waals surface area contributed by atoms with Crippen LogP contribution in [0.5, 0.6) is 11.5 Å². The van der Waals surface area contributed by atoms with Gasteiger partial charge in [-0.3, -0.25) is 9.80 Å². The number of hydrogen-bond acceptors (Lipinski definition) is 6. The highest BCUT2D eigenvalue weighted by atomic mass is 32.1. The average Bonchev–Trinajstić information content (AvgIpc) is 3.27. The van der Waals surface area contributed by atoms with E-state index in [0.29, 0.717) is 19.8 Å². The van der Waals surface area contributed by atoms with Crippen molar-refractivity contribution in [2.75, 3.05) is 62.3 Å². The standard InChI is InChI=1S/C25H30N4O3S/c26-25(30)29(24-17-19-5-1-2-6-23(19)33-24)10-4-3-9-27-11-13-28(14-12-27)20-7-8-21-22(18-20)32-16-15-31-21/h1-2,5-8,17-18H,3-4,9-16H2,(H2,26,30). The number of hydrogen-bond donors (Lipinski definition) is 1. The summed E-state index contributed by atoms with van der Waals surface area (Å²) in [6.07, 6.45) is 1.97. The fourth-order valence-corrected chi connectivity index (χ4v) is 5.59. The van der Waals surface area contributed by atoms with E-state index in [1.807, 2.05) is 18.2 Å². The van der Waals surface area contributed by atoms with Crippen molar-refractivity contribution in [2.24, 2.45) is 5.73 Å². The van der Waals surface area contributed by atoms with Crippen molar-refractivity contribution in [3.63, 3.8) is 0 Å². The summed E-state index contributed by atoms with van der Waals surface area (Å²) < 4.78 is 12.5. The number of nitrogens with two attached hydrogens (primary N) is 1. The Kier molecular flexibility index (Phi) is 6.55. The summed E-state index contributed by atoms with van der Waals surface area (Å²) in [5.74, 6) is 1.68. The third-order valence-corrected chi connectivity index (χ3v) is 7.45. The molecule has 1 fully saturated rings. The Bertz CT molecular complexity index is 1080. The molecule has 0 unspecified atom stereocenters. The maximum atomic E-state index is 12.1. The molecule has 174 valence electrons. The van der Waals surface area contributed by atoms with Crippen LogP contribution >= 0.6 is 11.3 Å². The molecule has 2 aromatic carbocycles. The summed E-state index contributed by atoms with van der Waals surface area (Å²) in [6, 6.07) is 16.1. The molecule has 0 atom stereocenters. The summed E-state index contributed by atoms with van der Waals surface area (Å²) in [4.78, 5) is 18.7. The minimum atomic E-state index is -0.380. The van der Waals surface area contributed by atoms with Gasteiger partial charge in [-0.2, -0.15) is 0 Å². The fourth-order valence-electron chi connectivity index (χ4n) is 4.49. The molecule has 5 rings (SSSR count). The van der Waals surface area contributed by atoms with Crippen molar-refractivity contribution in [3.8, 4) is 11.5 Å². The first-order valence-electron chi connectivity index (χ1n) is 11.6. The predicted molar refractivity (Wildman–Crippen MR) is 134 cm³/mol. The van der Waals surface area contributed by atoms with Crippen LogP contribution in [0.25, 0.3) is 10.1 Å². The molecule has 3 aromatic rings. The number of nitrogens with zero attached hydrogens (tertiary/aromatic N) is 3. The SMILES string of the molecule is NC(=O)N(CCCCN1CCN(c2ccc3c(c2)OCCO3)CC1)c1cc2ccccc2s1. The number of anilines is 2. The van der Waals surface area contributed by atoms with E-state index >= 15 is 0 Å². The predicted octanol–water partition coefficient (Wildman–Crippen LogP) is 4.16. The van der Waals surface area contributed by atoms with Gasteiger partial charge in [-0.05, 0) is 49.0 Å². The summed E-state index contributed by atoms with van der Waals surface area (Å²) in [5.41, 5.74) is 6.88. The van der Waals surface area contributed by atoms with Crippen LogP contribution < -0.4 is 25.0 Å². The third kappa shape index (κ3) is 5.02. The van der Waals surface area contributed by atoms with Gasteiger partial charge in [0.2, 0.25) is 0 Å². The molecule has 1 aromatic heterocycles. The summed E-state index contributed by atoms with van der Waals surface area (Å²) in [7, 11) is 0. The first kappa shape index (κ1) is 21.9. The quantitative estimate of drug-likeness (QED) is 0.530. The number of benzene rings is 2. The van der Waals surface area contributed by atoms with Gasteiger partial charge in [-0.1, -0.05) is 18.2 Å². The number of rotatable bonds is 7. The fraction of sp³-hybridized carbons (Fsp3) is 0.400. The third-order valence-electron chi connectivity index (χ3n) is 6.31. The van der Waals surface area contributed by atoms with Crippen LogP contribution in [0.3, 0.4) is 0 Å². The number of unbranched alkanes of at least 4 members (excludes halogenated alkanes) is 1. The van der Waals surface area contributed by atoms with Crippen LogP contribution in [0.4, 0.5) is 15.5 Å². The number of urea groups is 1. The van der Waals surface area contributed by atoms with E-state index in [4.69, 9.17) is 15.2 Å². The number of piperazine rings is 1. The van der Waals surface area contributed by atoms with Crippen LogP contribution in [0.15, 0.2) is 48.5 Å². The van der Waals surface area contributed by atoms with E-state index in [1.165, 1.54) is 10.4 Å². The number of primary amides is 1. The second kappa shape index (κ2) is 9.89. The molecule has 0 aliphatic carbocycles. The zero-order valence-electron chi connectivity index (χ0n) is 18.7. The Morgan fingerprint density at radius 2 is 1.76 bits per heavy atom. The van der Waals surface area contributed by atoms with Crippen molar-refractivity contribution in [1.82, 2.24) is 4.90 Å². The van der Waals surface area contributed by atoms with Crippen molar-refractivity contribution >= 4 is 38.1 Å². The topological polar surface area (TPSA) is 71.3 Å². The number of thiophene rings is 1. The van der Waals surface area contributed by atoms with Gasteiger partial charge in [0.25, 0.3) is 0 Å². The van der Waals surface area contributed by atoms with Gasteiger partial charge in [0.05, 0.1) is 0 Å². The van der Waals surface area contributed by atoms with Gasteiger partial charge in [-0.15, -0.1) is 11.3 Å². The second-order valence-electron chi connectivity index (χ2n) is 8.48. The molecular weight excluding hydrogens is 436 g/mol. The molecule has 0 radical (unpaired) electrons. The Morgan fingerprint density at radius 3 is 2.55 bits per heavy atom. The smallest absolute Gasteiger partial charge is 0.319 e. The van der Waals surface area contributed by atoms with Crippen LogP contribution in [0.1, 0.15) is 12.8 Å². The van der Waals surface area contributed by atoms with Gasteiger partial charge in [0.15, 0.2) is 11.5 Å². The van der Waals surface area contributed by atoms with Crippen LogP contribution in [-0.2, 0) is 0 Å². The molecule has 7 nitrogen and oxygen atoms in total. The van der Waals surface area contributed by atoms with Gasteiger partial charge < -0.3 is 20.1 Å². The van der Waals surface area contributed by atoms with Crippen molar-refractivity contribution in [1.29, 1.82) is 0 Å². The summed E-state index contributed by atoms with van der Waals surface area (Å²) in [5, 5.41) is 2.08. The number of amides is 2. The highest BCUT2D eigenvalue weighted by Gasteiger charge is 2.20. The molecule has 2 amide bonds. The highest BCUT2D eigenvalue weighted by Crippen LogP contribution is 2.34. The minimum Gasteiger partial charge on any atom is -0.486 e. The maximum absolute atomic E-state index is 12.1. The lowest BCUT2D eigenvalue weighted by atomic mass is 10.2. The van der Waals surface area contributed by atoms with Crippen LogP contribution in [-0.4, -0.2) is 63.4 Å². The normalized spacial score (nSPS) is 16.2. The zero-order valence-corrected chi connectivity index (χ0v) is 19.6. The van der Waals surface area contributed by atoms with Crippen molar-refractivity contribution in [2.45, 2.75) is 12.8 Å². The zero-order chi connectivity index (χ0) is 22.6. The van der Waals surface area contributed by atoms with Crippen molar-refractivity contribution < 1.29 is 14.3 Å². The Balaban J connectivity index is 1.08. The van der Waals surface area contributed by atoms with E-state index in [1.54, 1.807) is 16.2 Å². The van der Waals surface area contributed by atoms with E-state index < -0.39 is 0 Å². The first-order chi connectivity index (χ1) is 16.2. The minimum absolute atomic E-state index is 0.380. The molecule has 0 saturated carbocycles. The summed E-state index contributed by atoms with van der Waals surface area (Å²) >= 11 is 1.62. The lowest BCUT2D eigenvalue weighted by Gasteiger charge is -2.36. The molecule has 0 bridgehead atoms. The van der Waals surface area contributed by atoms with Gasteiger partial charge in [0.1, 0.15) is 18.2 Å². The molecule has 2 aliphatic heterocycles. The van der Waals surface area contributed by atoms with E-state index in [-0.39, 0.29) is 6.03 Å². The number of carbonyl (C=O) groups is 1. The first-order valence-corrected chi connectivity index (χ1v) is 12.4. The molecule has 0 spiro atoms. The number of fused-ring (bicyclic) bond motifs is 2. The lowest BCUT2D eigenvalue weighted by molar-refractivity contribution is 0.171. The molecule has 33 heavy (non-hydrogen) atoms. The molecule has 2 N–H and O–H groups in total. The molecule has 8 heteroatoms. The van der Waals surface area contributed by atoms with Gasteiger partial charge in [-0.25, -0.2) is 4.79 Å². The molecule has 1 saturated heterocycles. The summed E-state index contributed by atoms with van der Waals surface area (Å²) in [6.45, 7) is 6.97. The van der Waals surface area contributed by atoms with Crippen LogP contribution in [0, 0.1) is 0 Å². The second-order valence-corrected chi connectivity index (χ2v) is 9.54. The molecular formula is C25H30N4O3S. The molecule has 2 aliphatic rings. The lowest BCUT2D eigenvalue weighted by Crippen LogP contribution is -2.46.